The van der Waals surface area contributed by atoms with Crippen LogP contribution in [0.25, 0.3) is 0 Å². The van der Waals surface area contributed by atoms with Crippen LogP contribution in [0, 0.1) is 0 Å². The van der Waals surface area contributed by atoms with Crippen LogP contribution in [-0.4, -0.2) is 31.0 Å². The number of aromatic nitrogens is 1. The van der Waals surface area contributed by atoms with Gasteiger partial charge in [0.05, 0.1) is 19.9 Å². The maximum atomic E-state index is 12.6. The van der Waals surface area contributed by atoms with E-state index in [0.29, 0.717) is 22.7 Å². The van der Waals surface area contributed by atoms with Gasteiger partial charge in [-0.05, 0) is 30.3 Å². The highest BCUT2D eigenvalue weighted by Crippen LogP contribution is 2.23. The molecule has 29 heavy (non-hydrogen) atoms. The van der Waals surface area contributed by atoms with E-state index in [9.17, 15) is 9.59 Å². The lowest BCUT2D eigenvalue weighted by Gasteiger charge is -2.11. The molecule has 0 atom stereocenters. The van der Waals surface area contributed by atoms with Crippen LogP contribution >= 0.6 is 0 Å². The van der Waals surface area contributed by atoms with Gasteiger partial charge < -0.3 is 20.1 Å². The van der Waals surface area contributed by atoms with E-state index in [1.54, 1.807) is 31.4 Å². The fourth-order valence-electron chi connectivity index (χ4n) is 2.75. The van der Waals surface area contributed by atoms with Gasteiger partial charge in [-0.2, -0.15) is 0 Å². The highest BCUT2D eigenvalue weighted by atomic mass is 16.5. The molecule has 0 saturated carbocycles. The standard InChI is InChI=1S/C22H21N3O4/c1-28-19-9-5-3-7-16(19)14-24-22(27)18-13-15(11-12-23-18)21(26)25-17-8-4-6-10-20(17)29-2/h3-13H,14H2,1-2H3,(H,24,27)(H,25,26). The van der Waals surface area contributed by atoms with Crippen molar-refractivity contribution >= 4 is 17.5 Å². The molecule has 3 aromatic rings. The van der Waals surface area contributed by atoms with Gasteiger partial charge >= 0.3 is 0 Å². The molecule has 0 bridgehead atoms. The van der Waals surface area contributed by atoms with Gasteiger partial charge in [-0.3, -0.25) is 14.6 Å². The second kappa shape index (κ2) is 9.36. The Labute approximate surface area is 168 Å². The van der Waals surface area contributed by atoms with Gasteiger partial charge in [-0.1, -0.05) is 30.3 Å². The van der Waals surface area contributed by atoms with Crippen molar-refractivity contribution in [2.45, 2.75) is 6.54 Å². The zero-order valence-electron chi connectivity index (χ0n) is 16.1. The Kier molecular flexibility index (Phi) is 6.42. The monoisotopic (exact) mass is 391 g/mol. The molecule has 3 rings (SSSR count). The molecule has 0 fully saturated rings. The molecule has 2 amide bonds. The number of carbonyl (C=O) groups is 2. The molecule has 7 nitrogen and oxygen atoms in total. The van der Waals surface area contributed by atoms with Gasteiger partial charge in [0.25, 0.3) is 11.8 Å². The molecule has 2 N–H and O–H groups in total. The average Bonchev–Trinajstić information content (AvgIpc) is 2.78. The number of methoxy groups -OCH3 is 2. The van der Waals surface area contributed by atoms with E-state index in [4.69, 9.17) is 9.47 Å². The van der Waals surface area contributed by atoms with E-state index in [0.717, 1.165) is 5.56 Å². The average molecular weight is 391 g/mol. The summed E-state index contributed by atoms with van der Waals surface area (Å²) in [6, 6.07) is 17.5. The van der Waals surface area contributed by atoms with E-state index in [1.807, 2.05) is 30.3 Å². The lowest BCUT2D eigenvalue weighted by atomic mass is 10.1. The Morgan fingerprint density at radius 2 is 1.59 bits per heavy atom. The molecular formula is C22H21N3O4. The maximum Gasteiger partial charge on any atom is 0.270 e. The Balaban J connectivity index is 1.70. The zero-order chi connectivity index (χ0) is 20.6. The van der Waals surface area contributed by atoms with Crippen LogP contribution in [0.4, 0.5) is 5.69 Å². The Hall–Kier alpha value is -3.87. The van der Waals surface area contributed by atoms with Gasteiger partial charge in [0.1, 0.15) is 17.2 Å². The fraction of sp³-hybridized carbons (Fsp3) is 0.136. The van der Waals surface area contributed by atoms with Gasteiger partial charge in [0.15, 0.2) is 0 Å². The van der Waals surface area contributed by atoms with Crippen LogP contribution in [0.1, 0.15) is 26.4 Å². The minimum Gasteiger partial charge on any atom is -0.496 e. The molecule has 0 unspecified atom stereocenters. The summed E-state index contributed by atoms with van der Waals surface area (Å²) in [5.74, 6) is 0.480. The number of pyridine rings is 1. The topological polar surface area (TPSA) is 89.5 Å². The van der Waals surface area contributed by atoms with Gasteiger partial charge in [0, 0.05) is 23.9 Å². The van der Waals surface area contributed by atoms with Crippen molar-refractivity contribution in [1.82, 2.24) is 10.3 Å². The summed E-state index contributed by atoms with van der Waals surface area (Å²) in [6.07, 6.45) is 1.43. The lowest BCUT2D eigenvalue weighted by Crippen LogP contribution is -2.24. The van der Waals surface area contributed by atoms with Crippen LogP contribution in [-0.2, 0) is 6.54 Å². The van der Waals surface area contributed by atoms with Crippen molar-refractivity contribution in [3.63, 3.8) is 0 Å². The van der Waals surface area contributed by atoms with Gasteiger partial charge in [0.2, 0.25) is 0 Å². The van der Waals surface area contributed by atoms with Crippen molar-refractivity contribution in [2.24, 2.45) is 0 Å². The predicted octanol–water partition coefficient (Wildman–Crippen LogP) is 3.28. The molecule has 0 radical (unpaired) electrons. The molecule has 1 heterocycles. The summed E-state index contributed by atoms with van der Waals surface area (Å²) in [5.41, 5.74) is 1.84. The zero-order valence-corrected chi connectivity index (χ0v) is 16.1. The molecule has 7 heteroatoms. The number of ether oxygens (including phenoxy) is 2. The molecule has 0 spiro atoms. The number of benzene rings is 2. The second-order valence-electron chi connectivity index (χ2n) is 6.08. The minimum atomic E-state index is -0.386. The molecule has 0 aliphatic heterocycles. The van der Waals surface area contributed by atoms with Crippen LogP contribution in [0.5, 0.6) is 11.5 Å². The summed E-state index contributed by atoms with van der Waals surface area (Å²) >= 11 is 0. The first-order valence-electron chi connectivity index (χ1n) is 8.93. The largest absolute Gasteiger partial charge is 0.496 e. The number of carbonyl (C=O) groups excluding carboxylic acids is 2. The summed E-state index contributed by atoms with van der Waals surface area (Å²) in [6.45, 7) is 0.280. The van der Waals surface area contributed by atoms with Gasteiger partial charge in [-0.15, -0.1) is 0 Å². The normalized spacial score (nSPS) is 10.1. The molecule has 2 aromatic carbocycles. The number of rotatable bonds is 7. The Morgan fingerprint density at radius 1 is 0.897 bits per heavy atom. The van der Waals surface area contributed by atoms with E-state index in [2.05, 4.69) is 15.6 Å². The number of nitrogens with one attached hydrogen (secondary N) is 2. The first-order chi connectivity index (χ1) is 14.1. The molecular weight excluding hydrogens is 370 g/mol. The summed E-state index contributed by atoms with van der Waals surface area (Å²) in [5, 5.41) is 5.57. The van der Waals surface area contributed by atoms with E-state index >= 15 is 0 Å². The van der Waals surface area contributed by atoms with E-state index < -0.39 is 0 Å². The summed E-state index contributed by atoms with van der Waals surface area (Å²) in [7, 11) is 3.10. The summed E-state index contributed by atoms with van der Waals surface area (Å²) < 4.78 is 10.5. The smallest absolute Gasteiger partial charge is 0.270 e. The highest BCUT2D eigenvalue weighted by Gasteiger charge is 2.14. The van der Waals surface area contributed by atoms with E-state index in [1.165, 1.54) is 19.4 Å². The third kappa shape index (κ3) is 4.90. The molecule has 148 valence electrons. The van der Waals surface area contributed by atoms with Crippen molar-refractivity contribution in [3.05, 3.63) is 83.7 Å². The van der Waals surface area contributed by atoms with Gasteiger partial charge in [-0.25, -0.2) is 0 Å². The molecule has 1 aromatic heterocycles. The minimum absolute atomic E-state index is 0.146. The molecule has 0 aliphatic carbocycles. The third-order valence-electron chi connectivity index (χ3n) is 4.24. The van der Waals surface area contributed by atoms with Crippen LogP contribution < -0.4 is 20.1 Å². The van der Waals surface area contributed by atoms with Crippen molar-refractivity contribution in [3.8, 4) is 11.5 Å². The number of nitrogens with zero attached hydrogens (tertiary/aromatic N) is 1. The predicted molar refractivity (Wildman–Crippen MR) is 109 cm³/mol. The number of amides is 2. The van der Waals surface area contributed by atoms with Crippen molar-refractivity contribution in [2.75, 3.05) is 19.5 Å². The first kappa shape index (κ1) is 19.9. The second-order valence-corrected chi connectivity index (χ2v) is 6.08. The van der Waals surface area contributed by atoms with Crippen LogP contribution in [0.3, 0.4) is 0 Å². The quantitative estimate of drug-likeness (QED) is 0.645. The van der Waals surface area contributed by atoms with E-state index in [-0.39, 0.29) is 24.1 Å². The van der Waals surface area contributed by atoms with Crippen LogP contribution in [0.15, 0.2) is 66.9 Å². The Morgan fingerprint density at radius 3 is 2.34 bits per heavy atom. The number of para-hydroxylation sites is 3. The number of hydrogen-bond acceptors (Lipinski definition) is 5. The third-order valence-corrected chi connectivity index (χ3v) is 4.24. The lowest BCUT2D eigenvalue weighted by molar-refractivity contribution is 0.0945. The highest BCUT2D eigenvalue weighted by molar-refractivity contribution is 6.06. The van der Waals surface area contributed by atoms with Crippen molar-refractivity contribution in [1.29, 1.82) is 0 Å². The molecule has 0 aliphatic rings. The Bertz CT molecular complexity index is 1020. The molecule has 0 saturated heterocycles. The maximum absolute atomic E-state index is 12.6. The number of hydrogen-bond donors (Lipinski definition) is 2. The first-order valence-corrected chi connectivity index (χ1v) is 8.93. The van der Waals surface area contributed by atoms with Crippen molar-refractivity contribution < 1.29 is 19.1 Å². The fourth-order valence-corrected chi connectivity index (χ4v) is 2.75. The van der Waals surface area contributed by atoms with Crippen LogP contribution in [0.2, 0.25) is 0 Å². The summed E-state index contributed by atoms with van der Waals surface area (Å²) in [4.78, 5) is 29.1. The number of anilines is 1. The SMILES string of the molecule is COc1ccccc1CNC(=O)c1cc(C(=O)Nc2ccccc2OC)ccn1.